The summed E-state index contributed by atoms with van der Waals surface area (Å²) in [6.07, 6.45) is 7.28. The molecule has 3 aliphatic rings. The van der Waals surface area contributed by atoms with E-state index in [1.54, 1.807) is 23.7 Å². The first-order chi connectivity index (χ1) is 14.6. The van der Waals surface area contributed by atoms with Gasteiger partial charge in [-0.2, -0.15) is 0 Å². The van der Waals surface area contributed by atoms with E-state index >= 15 is 0 Å². The lowest BCUT2D eigenvalue weighted by molar-refractivity contribution is 0.0329. The molecule has 1 aromatic rings. The summed E-state index contributed by atoms with van der Waals surface area (Å²) in [6, 6.07) is 4.86. The molecule has 1 aliphatic carbocycles. The maximum atomic E-state index is 13.5. The van der Waals surface area contributed by atoms with Gasteiger partial charge < -0.3 is 19.3 Å². The normalized spacial score (nSPS) is 23.7. The SMILES string of the molecule is CC1=CCC([C@H]2COc3cc(C(=O)NO)ccc3CN2C(=O)N2CCOCC2)C=C1. The number of amides is 3. The van der Waals surface area contributed by atoms with Crippen molar-refractivity contribution in [3.63, 3.8) is 0 Å². The molecule has 30 heavy (non-hydrogen) atoms. The second-order valence-electron chi connectivity index (χ2n) is 7.86. The Balaban J connectivity index is 1.64. The van der Waals surface area contributed by atoms with Crippen LogP contribution in [0.5, 0.6) is 5.75 Å². The number of nitrogens with one attached hydrogen (secondary N) is 1. The number of carbonyl (C=O) groups is 2. The molecule has 1 aromatic carbocycles. The number of allylic oxidation sites excluding steroid dienone is 3. The Morgan fingerprint density at radius 1 is 1.23 bits per heavy atom. The van der Waals surface area contributed by atoms with Gasteiger partial charge in [0.05, 0.1) is 25.8 Å². The zero-order valence-corrected chi connectivity index (χ0v) is 17.0. The Morgan fingerprint density at radius 2 is 2.03 bits per heavy atom. The minimum Gasteiger partial charge on any atom is -0.491 e. The number of nitrogens with zero attached hydrogens (tertiary/aromatic N) is 2. The van der Waals surface area contributed by atoms with Crippen LogP contribution < -0.4 is 10.2 Å². The number of ether oxygens (including phenoxy) is 2. The number of hydrogen-bond acceptors (Lipinski definition) is 5. The fraction of sp³-hybridized carbons (Fsp3) is 0.455. The van der Waals surface area contributed by atoms with E-state index < -0.39 is 5.91 Å². The second-order valence-corrected chi connectivity index (χ2v) is 7.86. The van der Waals surface area contributed by atoms with E-state index in [1.165, 1.54) is 5.57 Å². The molecule has 2 heterocycles. The molecule has 0 bridgehead atoms. The van der Waals surface area contributed by atoms with Crippen LogP contribution in [0.15, 0.2) is 42.0 Å². The monoisotopic (exact) mass is 413 g/mol. The summed E-state index contributed by atoms with van der Waals surface area (Å²) in [4.78, 5) is 29.0. The van der Waals surface area contributed by atoms with E-state index in [-0.39, 0.29) is 18.0 Å². The van der Waals surface area contributed by atoms with Crippen molar-refractivity contribution in [3.8, 4) is 5.75 Å². The molecule has 0 aromatic heterocycles. The van der Waals surface area contributed by atoms with Crippen molar-refractivity contribution in [1.82, 2.24) is 15.3 Å². The molecule has 4 rings (SSSR count). The highest BCUT2D eigenvalue weighted by atomic mass is 16.5. The van der Waals surface area contributed by atoms with Gasteiger partial charge in [-0.25, -0.2) is 10.3 Å². The molecule has 1 saturated heterocycles. The average molecular weight is 413 g/mol. The molecule has 0 saturated carbocycles. The highest BCUT2D eigenvalue weighted by Gasteiger charge is 2.36. The van der Waals surface area contributed by atoms with Gasteiger partial charge in [-0.3, -0.25) is 10.0 Å². The highest BCUT2D eigenvalue weighted by molar-refractivity contribution is 5.93. The van der Waals surface area contributed by atoms with E-state index in [9.17, 15) is 9.59 Å². The van der Waals surface area contributed by atoms with Crippen LogP contribution in [-0.2, 0) is 11.3 Å². The van der Waals surface area contributed by atoms with Crippen LogP contribution in [0.2, 0.25) is 0 Å². The standard InChI is InChI=1S/C22H27N3O5/c1-15-2-4-16(5-3-15)19-14-30-20-12-17(21(26)23-28)6-7-18(20)13-25(19)22(27)24-8-10-29-11-9-24/h2-4,6-7,12,16,19,28H,5,8-11,13-14H2,1H3,(H,23,26)/t16?,19-/m1/s1. The first kappa shape index (κ1) is 20.4. The summed E-state index contributed by atoms with van der Waals surface area (Å²) in [5.41, 5.74) is 4.00. The van der Waals surface area contributed by atoms with Gasteiger partial charge >= 0.3 is 6.03 Å². The van der Waals surface area contributed by atoms with Crippen LogP contribution in [0.4, 0.5) is 4.79 Å². The van der Waals surface area contributed by atoms with Gasteiger partial charge in [0.2, 0.25) is 0 Å². The van der Waals surface area contributed by atoms with Crippen molar-refractivity contribution in [2.45, 2.75) is 25.9 Å². The molecule has 160 valence electrons. The van der Waals surface area contributed by atoms with Crippen LogP contribution in [0.1, 0.15) is 29.3 Å². The molecule has 2 aliphatic heterocycles. The minimum atomic E-state index is -0.598. The average Bonchev–Trinajstić information content (AvgIpc) is 2.98. The van der Waals surface area contributed by atoms with E-state index in [2.05, 4.69) is 25.2 Å². The summed E-state index contributed by atoms with van der Waals surface area (Å²) in [5, 5.41) is 8.92. The predicted molar refractivity (Wildman–Crippen MR) is 109 cm³/mol. The molecule has 8 heteroatoms. The maximum absolute atomic E-state index is 13.5. The summed E-state index contributed by atoms with van der Waals surface area (Å²) < 4.78 is 11.5. The summed E-state index contributed by atoms with van der Waals surface area (Å²) in [5.74, 6) is 0.109. The molecule has 1 unspecified atom stereocenters. The number of hydroxylamine groups is 1. The topological polar surface area (TPSA) is 91.3 Å². The molecule has 1 fully saturated rings. The van der Waals surface area contributed by atoms with Gasteiger partial charge in [0.15, 0.2) is 0 Å². The Kier molecular flexibility index (Phi) is 6.06. The molecule has 8 nitrogen and oxygen atoms in total. The lowest BCUT2D eigenvalue weighted by atomic mass is 9.90. The van der Waals surface area contributed by atoms with E-state index in [0.29, 0.717) is 50.8 Å². The van der Waals surface area contributed by atoms with Crippen LogP contribution in [-0.4, -0.2) is 65.9 Å². The summed E-state index contributed by atoms with van der Waals surface area (Å²) >= 11 is 0. The summed E-state index contributed by atoms with van der Waals surface area (Å²) in [7, 11) is 0. The predicted octanol–water partition coefficient (Wildman–Crippen LogP) is 2.34. The summed E-state index contributed by atoms with van der Waals surface area (Å²) in [6.45, 7) is 5.02. The molecular weight excluding hydrogens is 386 g/mol. The van der Waals surface area contributed by atoms with Gasteiger partial charge in [-0.15, -0.1) is 0 Å². The van der Waals surface area contributed by atoms with Crippen molar-refractivity contribution >= 4 is 11.9 Å². The Bertz CT molecular complexity index is 876. The largest absolute Gasteiger partial charge is 0.491 e. The maximum Gasteiger partial charge on any atom is 0.320 e. The van der Waals surface area contributed by atoms with Crippen LogP contribution in [0.3, 0.4) is 0 Å². The number of hydrogen-bond donors (Lipinski definition) is 2. The first-order valence-corrected chi connectivity index (χ1v) is 10.2. The van der Waals surface area contributed by atoms with Crippen LogP contribution in [0.25, 0.3) is 0 Å². The lowest BCUT2D eigenvalue weighted by Gasteiger charge is -2.38. The third-order valence-electron chi connectivity index (χ3n) is 5.92. The first-order valence-electron chi connectivity index (χ1n) is 10.2. The van der Waals surface area contributed by atoms with Crippen molar-refractivity contribution in [3.05, 3.63) is 53.1 Å². The fourth-order valence-electron chi connectivity index (χ4n) is 4.12. The Morgan fingerprint density at radius 3 is 2.73 bits per heavy atom. The molecule has 0 spiro atoms. The van der Waals surface area contributed by atoms with Gasteiger partial charge in [0.1, 0.15) is 12.4 Å². The third kappa shape index (κ3) is 4.20. The number of carbonyl (C=O) groups excluding carboxylic acids is 2. The second kappa shape index (κ2) is 8.89. The van der Waals surface area contributed by atoms with Crippen molar-refractivity contribution in [2.24, 2.45) is 5.92 Å². The number of urea groups is 1. The highest BCUT2D eigenvalue weighted by Crippen LogP contribution is 2.32. The molecule has 0 radical (unpaired) electrons. The van der Waals surface area contributed by atoms with Gasteiger partial charge in [-0.05, 0) is 25.5 Å². The number of fused-ring (bicyclic) bond motifs is 1. The van der Waals surface area contributed by atoms with Crippen molar-refractivity contribution in [1.29, 1.82) is 0 Å². The zero-order valence-electron chi connectivity index (χ0n) is 17.0. The van der Waals surface area contributed by atoms with Crippen LogP contribution >= 0.6 is 0 Å². The third-order valence-corrected chi connectivity index (χ3v) is 5.92. The zero-order chi connectivity index (χ0) is 21.1. The quantitative estimate of drug-likeness (QED) is 0.574. The van der Waals surface area contributed by atoms with E-state index in [1.807, 2.05) is 9.80 Å². The number of benzene rings is 1. The fourth-order valence-corrected chi connectivity index (χ4v) is 4.12. The lowest BCUT2D eigenvalue weighted by Crippen LogP contribution is -2.53. The molecule has 2 atom stereocenters. The minimum absolute atomic E-state index is 0.0170. The van der Waals surface area contributed by atoms with Gasteiger partial charge in [0.25, 0.3) is 5.91 Å². The van der Waals surface area contributed by atoms with Crippen molar-refractivity contribution < 1.29 is 24.3 Å². The molecule has 2 N–H and O–H groups in total. The Labute approximate surface area is 175 Å². The van der Waals surface area contributed by atoms with Gasteiger partial charge in [0, 0.05) is 30.1 Å². The van der Waals surface area contributed by atoms with Crippen LogP contribution in [0, 0.1) is 5.92 Å². The smallest absolute Gasteiger partial charge is 0.320 e. The Hall–Kier alpha value is -2.84. The van der Waals surface area contributed by atoms with E-state index in [0.717, 1.165) is 12.0 Å². The molecule has 3 amide bonds. The number of morpholine rings is 1. The van der Waals surface area contributed by atoms with Gasteiger partial charge in [-0.1, -0.05) is 29.9 Å². The van der Waals surface area contributed by atoms with E-state index in [4.69, 9.17) is 14.7 Å². The number of rotatable bonds is 2. The molecular formula is C22H27N3O5. The van der Waals surface area contributed by atoms with Crippen molar-refractivity contribution in [2.75, 3.05) is 32.9 Å².